The smallest absolute Gasteiger partial charge is 0.0510 e. The zero-order chi connectivity index (χ0) is 14.8. The Morgan fingerprint density at radius 1 is 1.24 bits per heavy atom. The summed E-state index contributed by atoms with van der Waals surface area (Å²) >= 11 is 3.78. The third kappa shape index (κ3) is 3.62. The Balaban J connectivity index is 1.71. The Morgan fingerprint density at radius 3 is 2.71 bits per heavy atom. The van der Waals surface area contributed by atoms with Gasteiger partial charge in [-0.1, -0.05) is 25.3 Å². The molecule has 3 unspecified atom stereocenters. The molecule has 0 aromatic heterocycles. The molecular weight excluding hydrogens is 324 g/mol. The number of hydrogen-bond acceptors (Lipinski definition) is 2. The van der Waals surface area contributed by atoms with Crippen molar-refractivity contribution in [1.29, 1.82) is 0 Å². The Morgan fingerprint density at radius 2 is 2.00 bits per heavy atom. The van der Waals surface area contributed by atoms with E-state index in [9.17, 15) is 0 Å². The average molecular weight is 351 g/mol. The fourth-order valence-corrected chi connectivity index (χ4v) is 4.80. The van der Waals surface area contributed by atoms with Crippen molar-refractivity contribution >= 4 is 21.6 Å². The van der Waals surface area contributed by atoms with Gasteiger partial charge >= 0.3 is 0 Å². The van der Waals surface area contributed by atoms with Gasteiger partial charge in [0.15, 0.2) is 0 Å². The minimum Gasteiger partial charge on any atom is -0.370 e. The van der Waals surface area contributed by atoms with E-state index >= 15 is 0 Å². The Kier molecular flexibility index (Phi) is 4.90. The Labute approximate surface area is 137 Å². The molecule has 2 nitrogen and oxygen atoms in total. The minimum absolute atomic E-state index is 0.223. The van der Waals surface area contributed by atoms with E-state index in [4.69, 9.17) is 5.73 Å². The van der Waals surface area contributed by atoms with Crippen LogP contribution < -0.4 is 10.6 Å². The lowest BCUT2D eigenvalue weighted by Gasteiger charge is -2.42. The van der Waals surface area contributed by atoms with Crippen LogP contribution in [0, 0.1) is 11.8 Å². The average Bonchev–Trinajstić information content (AvgIpc) is 2.46. The van der Waals surface area contributed by atoms with E-state index in [-0.39, 0.29) is 6.04 Å². The maximum absolute atomic E-state index is 5.90. The van der Waals surface area contributed by atoms with E-state index in [0.717, 1.165) is 18.3 Å². The largest absolute Gasteiger partial charge is 0.370 e. The number of rotatable bonds is 3. The highest BCUT2D eigenvalue weighted by molar-refractivity contribution is 9.10. The fraction of sp³-hybridized carbons (Fsp3) is 0.667. The number of nitrogens with two attached hydrogens (primary N) is 1. The summed E-state index contributed by atoms with van der Waals surface area (Å²) in [5, 5.41) is 0. The molecule has 0 amide bonds. The van der Waals surface area contributed by atoms with Gasteiger partial charge < -0.3 is 10.6 Å². The van der Waals surface area contributed by atoms with Crippen LogP contribution in [0.15, 0.2) is 22.7 Å². The second-order valence-electron chi connectivity index (χ2n) is 7.01. The van der Waals surface area contributed by atoms with Crippen LogP contribution in [-0.2, 0) is 6.42 Å². The summed E-state index contributed by atoms with van der Waals surface area (Å²) in [4.78, 5) is 2.59. The zero-order valence-corrected chi connectivity index (χ0v) is 14.6. The topological polar surface area (TPSA) is 29.3 Å². The third-order valence-electron chi connectivity index (χ3n) is 5.20. The summed E-state index contributed by atoms with van der Waals surface area (Å²) in [7, 11) is 0. The Hall–Kier alpha value is -0.540. The van der Waals surface area contributed by atoms with Crippen LogP contribution in [0.2, 0.25) is 0 Å². The van der Waals surface area contributed by atoms with Crippen LogP contribution in [0.5, 0.6) is 0 Å². The molecule has 2 N–H and O–H groups in total. The first kappa shape index (κ1) is 15.4. The molecule has 116 valence electrons. The predicted octanol–water partition coefficient (Wildman–Crippen LogP) is 4.36. The monoisotopic (exact) mass is 350 g/mol. The molecule has 3 rings (SSSR count). The number of halogens is 1. The molecule has 1 aliphatic carbocycles. The molecule has 2 fully saturated rings. The van der Waals surface area contributed by atoms with E-state index in [1.807, 2.05) is 0 Å². The molecule has 1 heterocycles. The first-order chi connectivity index (χ1) is 10.1. The van der Waals surface area contributed by atoms with Crippen LogP contribution in [0.3, 0.4) is 0 Å². The van der Waals surface area contributed by atoms with Crippen LogP contribution in [-0.4, -0.2) is 19.1 Å². The van der Waals surface area contributed by atoms with Crippen molar-refractivity contribution < 1.29 is 0 Å². The highest BCUT2D eigenvalue weighted by Crippen LogP contribution is 2.39. The highest BCUT2D eigenvalue weighted by Gasteiger charge is 2.31. The fourth-order valence-electron chi connectivity index (χ4n) is 4.13. The second-order valence-corrected chi connectivity index (χ2v) is 7.86. The zero-order valence-electron chi connectivity index (χ0n) is 13.0. The molecule has 1 saturated heterocycles. The molecule has 21 heavy (non-hydrogen) atoms. The second kappa shape index (κ2) is 6.70. The van der Waals surface area contributed by atoms with Gasteiger partial charge in [0, 0.05) is 23.6 Å². The van der Waals surface area contributed by atoms with Crippen molar-refractivity contribution in [3.63, 3.8) is 0 Å². The van der Waals surface area contributed by atoms with Crippen LogP contribution in [0.1, 0.15) is 44.6 Å². The SMILES string of the molecule is CC(N)Cc1ccc(N2CCC3CCCCC3C2)c(Br)c1. The standard InChI is InChI=1S/C18H27BrN2/c1-13(20)10-14-6-7-18(17(19)11-14)21-9-8-15-4-2-3-5-16(15)12-21/h6-7,11,13,15-16H,2-5,8-10,12,20H2,1H3. The molecule has 3 atom stereocenters. The number of fused-ring (bicyclic) bond motifs is 1. The van der Waals surface area contributed by atoms with Crippen LogP contribution in [0.4, 0.5) is 5.69 Å². The van der Waals surface area contributed by atoms with Crippen molar-refractivity contribution in [1.82, 2.24) is 0 Å². The third-order valence-corrected chi connectivity index (χ3v) is 5.84. The van der Waals surface area contributed by atoms with E-state index in [1.165, 1.54) is 60.9 Å². The number of piperidine rings is 1. The van der Waals surface area contributed by atoms with E-state index < -0.39 is 0 Å². The van der Waals surface area contributed by atoms with Gasteiger partial charge in [0.1, 0.15) is 0 Å². The van der Waals surface area contributed by atoms with E-state index in [1.54, 1.807) is 0 Å². The normalized spacial score (nSPS) is 27.3. The first-order valence-corrected chi connectivity index (χ1v) is 9.21. The molecule has 1 saturated carbocycles. The molecule has 1 aromatic carbocycles. The summed E-state index contributed by atoms with van der Waals surface area (Å²) in [6, 6.07) is 7.01. The van der Waals surface area contributed by atoms with Crippen molar-refractivity contribution in [2.75, 3.05) is 18.0 Å². The van der Waals surface area contributed by atoms with E-state index in [0.29, 0.717) is 0 Å². The van der Waals surface area contributed by atoms with Gasteiger partial charge in [-0.3, -0.25) is 0 Å². The maximum atomic E-state index is 5.90. The quantitative estimate of drug-likeness (QED) is 0.877. The summed E-state index contributed by atoms with van der Waals surface area (Å²) < 4.78 is 1.23. The first-order valence-electron chi connectivity index (χ1n) is 8.42. The van der Waals surface area contributed by atoms with E-state index in [2.05, 4.69) is 46.0 Å². The van der Waals surface area contributed by atoms with Crippen LogP contribution >= 0.6 is 15.9 Å². The lowest BCUT2D eigenvalue weighted by Crippen LogP contribution is -2.42. The maximum Gasteiger partial charge on any atom is 0.0510 e. The molecule has 0 radical (unpaired) electrons. The van der Waals surface area contributed by atoms with Crippen molar-refractivity contribution in [2.24, 2.45) is 17.6 Å². The summed E-state index contributed by atoms with van der Waals surface area (Å²) in [6.45, 7) is 4.53. The molecule has 2 aliphatic rings. The number of benzene rings is 1. The van der Waals surface area contributed by atoms with Crippen molar-refractivity contribution in [3.05, 3.63) is 28.2 Å². The molecule has 1 aliphatic heterocycles. The summed E-state index contributed by atoms with van der Waals surface area (Å²) in [6.07, 6.45) is 8.11. The molecule has 0 bridgehead atoms. The van der Waals surface area contributed by atoms with Gasteiger partial charge in [0.05, 0.1) is 5.69 Å². The lowest BCUT2D eigenvalue weighted by atomic mass is 9.75. The number of nitrogens with zero attached hydrogens (tertiary/aromatic N) is 1. The van der Waals surface area contributed by atoms with Gasteiger partial charge in [-0.2, -0.15) is 0 Å². The van der Waals surface area contributed by atoms with Gasteiger partial charge in [-0.05, 0) is 71.6 Å². The molecule has 1 aromatic rings. The predicted molar refractivity (Wildman–Crippen MR) is 93.8 cm³/mol. The lowest BCUT2D eigenvalue weighted by molar-refractivity contribution is 0.202. The molecule has 0 spiro atoms. The Bertz CT molecular complexity index is 486. The molecular formula is C18H27BrN2. The van der Waals surface area contributed by atoms with Crippen LogP contribution in [0.25, 0.3) is 0 Å². The van der Waals surface area contributed by atoms with Gasteiger partial charge in [0.25, 0.3) is 0 Å². The van der Waals surface area contributed by atoms with Gasteiger partial charge in [-0.25, -0.2) is 0 Å². The number of hydrogen-bond donors (Lipinski definition) is 1. The van der Waals surface area contributed by atoms with Gasteiger partial charge in [0.2, 0.25) is 0 Å². The summed E-state index contributed by atoms with van der Waals surface area (Å²) in [5.41, 5.74) is 8.60. The summed E-state index contributed by atoms with van der Waals surface area (Å²) in [5.74, 6) is 1.91. The van der Waals surface area contributed by atoms with Crippen molar-refractivity contribution in [2.45, 2.75) is 51.5 Å². The van der Waals surface area contributed by atoms with Crippen molar-refractivity contribution in [3.8, 4) is 0 Å². The molecule has 3 heteroatoms. The highest BCUT2D eigenvalue weighted by atomic mass is 79.9. The minimum atomic E-state index is 0.223. The van der Waals surface area contributed by atoms with Gasteiger partial charge in [-0.15, -0.1) is 0 Å². The number of anilines is 1.